The van der Waals surface area contributed by atoms with E-state index >= 15 is 0 Å². The molecule has 5 atom stereocenters. The summed E-state index contributed by atoms with van der Waals surface area (Å²) in [5.74, 6) is 1.83. The molecule has 2 aliphatic rings. The van der Waals surface area contributed by atoms with E-state index in [-0.39, 0.29) is 30.2 Å². The summed E-state index contributed by atoms with van der Waals surface area (Å²) in [6.07, 6.45) is 1.19. The van der Waals surface area contributed by atoms with Gasteiger partial charge in [0.2, 0.25) is 0 Å². The predicted octanol–water partition coefficient (Wildman–Crippen LogP) is 5.86. The highest BCUT2D eigenvalue weighted by molar-refractivity contribution is 9.10. The lowest BCUT2D eigenvalue weighted by molar-refractivity contribution is -0.196. The molecule has 0 bridgehead atoms. The van der Waals surface area contributed by atoms with Crippen molar-refractivity contribution >= 4 is 21.9 Å². The van der Waals surface area contributed by atoms with Crippen LogP contribution in [-0.2, 0) is 20.7 Å². The van der Waals surface area contributed by atoms with Crippen molar-refractivity contribution in [2.75, 3.05) is 13.2 Å². The van der Waals surface area contributed by atoms with Gasteiger partial charge in [-0.25, -0.2) is 0 Å². The maximum atomic E-state index is 11.9. The largest absolute Gasteiger partial charge is 0.486 e. The molecule has 0 aliphatic carbocycles. The van der Waals surface area contributed by atoms with Crippen molar-refractivity contribution in [2.45, 2.75) is 58.8 Å². The molecular weight excluding hydrogens is 472 g/mol. The van der Waals surface area contributed by atoms with E-state index in [0.29, 0.717) is 19.1 Å². The lowest BCUT2D eigenvalue weighted by Crippen LogP contribution is -2.46. The third-order valence-corrected chi connectivity index (χ3v) is 7.43. The Morgan fingerprint density at radius 1 is 1.06 bits per heavy atom. The van der Waals surface area contributed by atoms with E-state index < -0.39 is 0 Å². The summed E-state index contributed by atoms with van der Waals surface area (Å²) in [7, 11) is 0. The molecule has 5 nitrogen and oxygen atoms in total. The van der Waals surface area contributed by atoms with Crippen molar-refractivity contribution in [3.05, 3.63) is 57.6 Å². The average Bonchev–Trinajstić information content (AvgIpc) is 2.78. The summed E-state index contributed by atoms with van der Waals surface area (Å²) >= 11 is 3.71. The van der Waals surface area contributed by atoms with Gasteiger partial charge in [0.25, 0.3) is 0 Å². The predicted molar refractivity (Wildman–Crippen MR) is 126 cm³/mol. The third-order valence-electron chi connectivity index (χ3n) is 6.66. The minimum absolute atomic E-state index is 0.131. The fraction of sp³-hybridized carbons (Fsp3) is 0.500. The van der Waals surface area contributed by atoms with Crippen LogP contribution in [0.4, 0.5) is 0 Å². The van der Waals surface area contributed by atoms with E-state index in [0.717, 1.165) is 45.5 Å². The number of hydrogen-bond donors (Lipinski definition) is 0. The summed E-state index contributed by atoms with van der Waals surface area (Å²) in [6, 6.07) is 12.4. The molecule has 0 N–H and O–H groups in total. The van der Waals surface area contributed by atoms with Gasteiger partial charge in [0, 0.05) is 17.3 Å². The Bertz CT molecular complexity index is 975. The molecule has 0 saturated carbocycles. The van der Waals surface area contributed by atoms with E-state index in [4.69, 9.17) is 18.9 Å². The molecule has 1 saturated heterocycles. The number of benzene rings is 2. The summed E-state index contributed by atoms with van der Waals surface area (Å²) < 4.78 is 24.7. The molecule has 0 aromatic heterocycles. The Balaban J connectivity index is 1.63. The zero-order valence-corrected chi connectivity index (χ0v) is 20.7. The summed E-state index contributed by atoms with van der Waals surface area (Å²) in [6.45, 7) is 9.11. The fourth-order valence-corrected chi connectivity index (χ4v) is 5.11. The van der Waals surface area contributed by atoms with Crippen molar-refractivity contribution < 1.29 is 23.7 Å². The Morgan fingerprint density at radius 2 is 1.81 bits per heavy atom. The molecule has 3 unspecified atom stereocenters. The number of rotatable bonds is 5. The van der Waals surface area contributed by atoms with Gasteiger partial charge in [0.1, 0.15) is 25.4 Å². The van der Waals surface area contributed by atoms with Crippen LogP contribution >= 0.6 is 15.9 Å². The molecule has 0 spiro atoms. The second-order valence-electron chi connectivity index (χ2n) is 8.80. The van der Waals surface area contributed by atoms with Crippen LogP contribution in [-0.4, -0.2) is 31.4 Å². The molecule has 4 rings (SSSR count). The first-order valence-corrected chi connectivity index (χ1v) is 12.2. The van der Waals surface area contributed by atoms with Crippen LogP contribution in [0.2, 0.25) is 0 Å². The Kier molecular flexibility index (Phi) is 7.11. The lowest BCUT2D eigenvalue weighted by Gasteiger charge is -2.44. The molecule has 6 heteroatoms. The van der Waals surface area contributed by atoms with Gasteiger partial charge in [-0.2, -0.15) is 0 Å². The minimum atomic E-state index is -0.311. The van der Waals surface area contributed by atoms with Gasteiger partial charge in [-0.3, -0.25) is 4.79 Å². The SMILES string of the molecule is CC[C@H]1OC(c2ccc(Br)c(Cc3ccc4c(c3)OCCO4)c2)C(OC(C)=O)[C@@H](C)C1C. The normalized spacial score (nSPS) is 27.1. The average molecular weight is 503 g/mol. The van der Waals surface area contributed by atoms with Gasteiger partial charge in [-0.15, -0.1) is 0 Å². The first-order chi connectivity index (χ1) is 15.4. The highest BCUT2D eigenvalue weighted by atomic mass is 79.9. The van der Waals surface area contributed by atoms with Crippen molar-refractivity contribution in [2.24, 2.45) is 11.8 Å². The van der Waals surface area contributed by atoms with Crippen LogP contribution in [0.5, 0.6) is 11.5 Å². The van der Waals surface area contributed by atoms with Crippen molar-refractivity contribution in [1.29, 1.82) is 0 Å². The number of halogens is 1. The quantitative estimate of drug-likeness (QED) is 0.478. The van der Waals surface area contributed by atoms with E-state index in [1.807, 2.05) is 12.1 Å². The molecule has 0 amide bonds. The second-order valence-corrected chi connectivity index (χ2v) is 9.66. The van der Waals surface area contributed by atoms with Crippen LogP contribution in [0.1, 0.15) is 56.9 Å². The van der Waals surface area contributed by atoms with Gasteiger partial charge in [0.15, 0.2) is 11.5 Å². The summed E-state index contributed by atoms with van der Waals surface area (Å²) in [4.78, 5) is 11.9. The molecule has 2 aromatic carbocycles. The number of fused-ring (bicyclic) bond motifs is 1. The Hall–Kier alpha value is -2.05. The van der Waals surface area contributed by atoms with Crippen LogP contribution in [0, 0.1) is 11.8 Å². The van der Waals surface area contributed by atoms with Gasteiger partial charge >= 0.3 is 5.97 Å². The molecular formula is C26H31BrO5. The van der Waals surface area contributed by atoms with Crippen LogP contribution in [0.25, 0.3) is 0 Å². The van der Waals surface area contributed by atoms with Crippen LogP contribution < -0.4 is 9.47 Å². The molecule has 1 fully saturated rings. The molecule has 2 aromatic rings. The number of carbonyl (C=O) groups is 1. The highest BCUT2D eigenvalue weighted by Crippen LogP contribution is 2.42. The summed E-state index contributed by atoms with van der Waals surface area (Å²) in [5.41, 5.74) is 3.31. The second kappa shape index (κ2) is 9.84. The highest BCUT2D eigenvalue weighted by Gasteiger charge is 2.43. The lowest BCUT2D eigenvalue weighted by atomic mass is 9.78. The number of hydrogen-bond acceptors (Lipinski definition) is 5. The fourth-order valence-electron chi connectivity index (χ4n) is 4.72. The first-order valence-electron chi connectivity index (χ1n) is 11.4. The van der Waals surface area contributed by atoms with Crippen molar-refractivity contribution in [3.8, 4) is 11.5 Å². The molecule has 2 aliphatic heterocycles. The molecule has 172 valence electrons. The van der Waals surface area contributed by atoms with Crippen LogP contribution in [0.3, 0.4) is 0 Å². The molecule has 0 radical (unpaired) electrons. The number of esters is 1. The third kappa shape index (κ3) is 4.81. The van der Waals surface area contributed by atoms with E-state index in [9.17, 15) is 4.79 Å². The molecule has 2 heterocycles. The minimum Gasteiger partial charge on any atom is -0.486 e. The van der Waals surface area contributed by atoms with Crippen molar-refractivity contribution in [3.63, 3.8) is 0 Å². The Morgan fingerprint density at radius 3 is 2.53 bits per heavy atom. The Labute approximate surface area is 198 Å². The standard InChI is InChI=1S/C26H31BrO5/c1-5-22-15(2)16(3)25(31-17(4)28)26(32-22)19-7-8-21(27)20(14-19)12-18-6-9-23-24(13-18)30-11-10-29-23/h6-9,13-16,22,25-26H,5,10-12H2,1-4H3/t15?,16-,22+,25?,26?/m0/s1. The van der Waals surface area contributed by atoms with Gasteiger partial charge in [0.05, 0.1) is 6.10 Å². The zero-order chi connectivity index (χ0) is 22.8. The maximum absolute atomic E-state index is 11.9. The maximum Gasteiger partial charge on any atom is 0.303 e. The molecule has 32 heavy (non-hydrogen) atoms. The van der Waals surface area contributed by atoms with Crippen LogP contribution in [0.15, 0.2) is 40.9 Å². The van der Waals surface area contributed by atoms with Gasteiger partial charge in [-0.1, -0.05) is 54.9 Å². The monoisotopic (exact) mass is 502 g/mol. The first kappa shape index (κ1) is 23.1. The van der Waals surface area contributed by atoms with E-state index in [1.165, 1.54) is 6.92 Å². The van der Waals surface area contributed by atoms with Gasteiger partial charge < -0.3 is 18.9 Å². The van der Waals surface area contributed by atoms with E-state index in [2.05, 4.69) is 61.0 Å². The topological polar surface area (TPSA) is 54.0 Å². The van der Waals surface area contributed by atoms with E-state index in [1.54, 1.807) is 0 Å². The zero-order valence-electron chi connectivity index (χ0n) is 19.1. The van der Waals surface area contributed by atoms with Crippen molar-refractivity contribution in [1.82, 2.24) is 0 Å². The number of ether oxygens (including phenoxy) is 4. The number of carbonyl (C=O) groups excluding carboxylic acids is 1. The van der Waals surface area contributed by atoms with Gasteiger partial charge in [-0.05, 0) is 53.6 Å². The smallest absolute Gasteiger partial charge is 0.303 e. The summed E-state index contributed by atoms with van der Waals surface area (Å²) in [5, 5.41) is 0.